The second-order valence-corrected chi connectivity index (χ2v) is 6.64. The number of nitrogens with one attached hydrogen (secondary N) is 1. The molecule has 0 aliphatic carbocycles. The van der Waals surface area contributed by atoms with Crippen molar-refractivity contribution in [2.75, 3.05) is 38.2 Å². The number of hydrogen-bond donors (Lipinski definition) is 1. The summed E-state index contributed by atoms with van der Waals surface area (Å²) in [7, 11) is 1.73. The van der Waals surface area contributed by atoms with E-state index in [1.165, 1.54) is 30.9 Å². The van der Waals surface area contributed by atoms with Crippen molar-refractivity contribution < 1.29 is 9.64 Å². The SMILES string of the molecule is COc1cccc(N2CC[NH+](Cc3sccc3C)CC2)c1. The number of piperazine rings is 1. The molecule has 0 atom stereocenters. The molecule has 1 aliphatic rings. The van der Waals surface area contributed by atoms with Crippen molar-refractivity contribution in [3.05, 3.63) is 46.2 Å². The Bertz CT molecular complexity index is 588. The van der Waals surface area contributed by atoms with Gasteiger partial charge < -0.3 is 14.5 Å². The van der Waals surface area contributed by atoms with Gasteiger partial charge in [0.1, 0.15) is 12.3 Å². The van der Waals surface area contributed by atoms with E-state index in [9.17, 15) is 0 Å². The average Bonchev–Trinajstić information content (AvgIpc) is 2.93. The van der Waals surface area contributed by atoms with Gasteiger partial charge in [0.05, 0.1) is 38.2 Å². The van der Waals surface area contributed by atoms with Crippen LogP contribution in [0.25, 0.3) is 0 Å². The number of thiophene rings is 1. The summed E-state index contributed by atoms with van der Waals surface area (Å²) in [5.74, 6) is 0.941. The predicted octanol–water partition coefficient (Wildman–Crippen LogP) is 1.97. The van der Waals surface area contributed by atoms with Crippen molar-refractivity contribution in [2.45, 2.75) is 13.5 Å². The molecule has 0 unspecified atom stereocenters. The van der Waals surface area contributed by atoms with E-state index in [-0.39, 0.29) is 0 Å². The van der Waals surface area contributed by atoms with Gasteiger partial charge in [-0.2, -0.15) is 0 Å². The zero-order valence-corrected chi connectivity index (χ0v) is 13.6. The molecule has 0 radical (unpaired) electrons. The van der Waals surface area contributed by atoms with E-state index in [0.717, 1.165) is 18.8 Å². The number of quaternary nitrogens is 1. The molecule has 1 fully saturated rings. The molecule has 1 N–H and O–H groups in total. The van der Waals surface area contributed by atoms with Crippen LogP contribution in [-0.2, 0) is 6.54 Å². The summed E-state index contributed by atoms with van der Waals surface area (Å²) in [4.78, 5) is 5.70. The molecule has 0 spiro atoms. The zero-order chi connectivity index (χ0) is 14.7. The molecular formula is C17H23N2OS+. The highest BCUT2D eigenvalue weighted by atomic mass is 32.1. The Morgan fingerprint density at radius 1 is 1.24 bits per heavy atom. The highest BCUT2D eigenvalue weighted by Crippen LogP contribution is 2.21. The second-order valence-electron chi connectivity index (χ2n) is 5.64. The number of aryl methyl sites for hydroxylation is 1. The summed E-state index contributed by atoms with van der Waals surface area (Å²) < 4.78 is 5.32. The molecule has 0 amide bonds. The smallest absolute Gasteiger partial charge is 0.120 e. The van der Waals surface area contributed by atoms with E-state index < -0.39 is 0 Å². The third-order valence-electron chi connectivity index (χ3n) is 4.27. The van der Waals surface area contributed by atoms with Gasteiger partial charge in [0.2, 0.25) is 0 Å². The highest BCUT2D eigenvalue weighted by molar-refractivity contribution is 7.10. The van der Waals surface area contributed by atoms with Crippen LogP contribution in [0, 0.1) is 6.92 Å². The van der Waals surface area contributed by atoms with Gasteiger partial charge in [-0.05, 0) is 36.1 Å². The largest absolute Gasteiger partial charge is 0.497 e. The number of benzene rings is 1. The Morgan fingerprint density at radius 2 is 2.05 bits per heavy atom. The van der Waals surface area contributed by atoms with Crippen molar-refractivity contribution in [1.82, 2.24) is 0 Å². The van der Waals surface area contributed by atoms with Gasteiger partial charge in [-0.1, -0.05) is 6.07 Å². The first-order chi connectivity index (χ1) is 10.3. The Balaban J connectivity index is 1.58. The fourth-order valence-electron chi connectivity index (χ4n) is 2.88. The predicted molar refractivity (Wildman–Crippen MR) is 88.7 cm³/mol. The lowest BCUT2D eigenvalue weighted by atomic mass is 10.2. The Kier molecular flexibility index (Phi) is 4.46. The van der Waals surface area contributed by atoms with Crippen molar-refractivity contribution in [2.24, 2.45) is 0 Å². The van der Waals surface area contributed by atoms with Crippen LogP contribution in [-0.4, -0.2) is 33.3 Å². The highest BCUT2D eigenvalue weighted by Gasteiger charge is 2.21. The standard InChI is InChI=1S/C17H22N2OS/c1-14-6-11-21-17(14)13-18-7-9-19(10-8-18)15-4-3-5-16(12-15)20-2/h3-6,11-12H,7-10,13H2,1-2H3/p+1. The number of methoxy groups -OCH3 is 1. The van der Waals surface area contributed by atoms with Gasteiger partial charge in [-0.3, -0.25) is 0 Å². The minimum absolute atomic E-state index is 0.941. The van der Waals surface area contributed by atoms with Crippen LogP contribution >= 0.6 is 11.3 Å². The molecule has 1 aliphatic heterocycles. The number of hydrogen-bond acceptors (Lipinski definition) is 3. The number of nitrogens with zero attached hydrogens (tertiary/aromatic N) is 1. The summed E-state index contributed by atoms with van der Waals surface area (Å²) in [6.45, 7) is 8.04. The minimum atomic E-state index is 0.941. The molecule has 3 rings (SSSR count). The summed E-state index contributed by atoms with van der Waals surface area (Å²) in [6, 6.07) is 10.6. The minimum Gasteiger partial charge on any atom is -0.497 e. The fourth-order valence-corrected chi connectivity index (χ4v) is 3.86. The third-order valence-corrected chi connectivity index (χ3v) is 5.29. The van der Waals surface area contributed by atoms with Gasteiger partial charge in [-0.25, -0.2) is 0 Å². The Hall–Kier alpha value is -1.52. The van der Waals surface area contributed by atoms with Gasteiger partial charge >= 0.3 is 0 Å². The van der Waals surface area contributed by atoms with Crippen molar-refractivity contribution >= 4 is 17.0 Å². The lowest BCUT2D eigenvalue weighted by molar-refractivity contribution is -0.914. The molecule has 4 heteroatoms. The lowest BCUT2D eigenvalue weighted by Gasteiger charge is -2.33. The van der Waals surface area contributed by atoms with Gasteiger partial charge in [0, 0.05) is 11.8 Å². The van der Waals surface area contributed by atoms with Gasteiger partial charge in [0.25, 0.3) is 0 Å². The molecule has 0 bridgehead atoms. The molecule has 1 aromatic heterocycles. The van der Waals surface area contributed by atoms with Crippen molar-refractivity contribution in [1.29, 1.82) is 0 Å². The van der Waals surface area contributed by atoms with Crippen LogP contribution in [0.2, 0.25) is 0 Å². The molecule has 1 aromatic carbocycles. The molecule has 2 aromatic rings. The number of ether oxygens (including phenoxy) is 1. The quantitative estimate of drug-likeness (QED) is 0.930. The van der Waals surface area contributed by atoms with Gasteiger partial charge in [-0.15, -0.1) is 11.3 Å². The van der Waals surface area contributed by atoms with E-state index in [1.54, 1.807) is 16.9 Å². The molecule has 1 saturated heterocycles. The summed E-state index contributed by atoms with van der Waals surface area (Å²) >= 11 is 1.89. The molecule has 2 heterocycles. The van der Waals surface area contributed by atoms with Crippen LogP contribution in [0.4, 0.5) is 5.69 Å². The summed E-state index contributed by atoms with van der Waals surface area (Å²) in [6.07, 6.45) is 0. The van der Waals surface area contributed by atoms with E-state index in [1.807, 2.05) is 17.4 Å². The van der Waals surface area contributed by atoms with Crippen molar-refractivity contribution in [3.8, 4) is 5.75 Å². The summed E-state index contributed by atoms with van der Waals surface area (Å²) in [5, 5.41) is 2.20. The Morgan fingerprint density at radius 3 is 2.71 bits per heavy atom. The molecule has 0 saturated carbocycles. The van der Waals surface area contributed by atoms with Crippen LogP contribution < -0.4 is 14.5 Å². The molecule has 21 heavy (non-hydrogen) atoms. The fraction of sp³-hybridized carbons (Fsp3) is 0.412. The third kappa shape index (κ3) is 3.39. The average molecular weight is 303 g/mol. The second kappa shape index (κ2) is 6.50. The van der Waals surface area contributed by atoms with Crippen LogP contribution in [0.15, 0.2) is 35.7 Å². The van der Waals surface area contributed by atoms with Crippen LogP contribution in [0.1, 0.15) is 10.4 Å². The monoisotopic (exact) mass is 303 g/mol. The lowest BCUT2D eigenvalue weighted by Crippen LogP contribution is -3.13. The van der Waals surface area contributed by atoms with E-state index in [4.69, 9.17) is 4.74 Å². The molecule has 3 nitrogen and oxygen atoms in total. The first kappa shape index (κ1) is 14.4. The molecule has 112 valence electrons. The van der Waals surface area contributed by atoms with Crippen LogP contribution in [0.3, 0.4) is 0 Å². The zero-order valence-electron chi connectivity index (χ0n) is 12.8. The maximum absolute atomic E-state index is 5.32. The Labute approximate surface area is 130 Å². The normalized spacial score (nSPS) is 16.2. The first-order valence-electron chi connectivity index (χ1n) is 7.52. The number of rotatable bonds is 4. The van der Waals surface area contributed by atoms with Crippen LogP contribution in [0.5, 0.6) is 5.75 Å². The van der Waals surface area contributed by atoms with E-state index in [2.05, 4.69) is 41.5 Å². The first-order valence-corrected chi connectivity index (χ1v) is 8.40. The molecular weight excluding hydrogens is 280 g/mol. The summed E-state index contributed by atoms with van der Waals surface area (Å²) in [5.41, 5.74) is 2.73. The maximum Gasteiger partial charge on any atom is 0.120 e. The van der Waals surface area contributed by atoms with E-state index in [0.29, 0.717) is 0 Å². The maximum atomic E-state index is 5.32. The van der Waals surface area contributed by atoms with E-state index >= 15 is 0 Å². The number of anilines is 1. The van der Waals surface area contributed by atoms with Gasteiger partial charge in [0.15, 0.2) is 0 Å². The van der Waals surface area contributed by atoms with Crippen molar-refractivity contribution in [3.63, 3.8) is 0 Å². The topological polar surface area (TPSA) is 16.9 Å².